The summed E-state index contributed by atoms with van der Waals surface area (Å²) in [6.07, 6.45) is 33.2. The first kappa shape index (κ1) is 63.6. The lowest BCUT2D eigenvalue weighted by molar-refractivity contribution is -0.131. The van der Waals surface area contributed by atoms with Crippen LogP contribution in [0.25, 0.3) is 12.2 Å². The monoisotopic (exact) mass is 1130 g/mol. The molecule has 7 rings (SSSR count). The fourth-order valence-electron chi connectivity index (χ4n) is 14.5. The molecule has 1 aromatic heterocycles. The van der Waals surface area contributed by atoms with Gasteiger partial charge in [-0.2, -0.15) is 0 Å². The predicted molar refractivity (Wildman–Crippen MR) is 324 cm³/mol. The first-order valence-electron chi connectivity index (χ1n) is 31.0. The van der Waals surface area contributed by atoms with Crippen LogP contribution >= 0.6 is 0 Å². The number of unbranched alkanes of at least 4 members (excludes halogenated alkanes) is 6. The molecule has 15 heteroatoms. The zero-order chi connectivity index (χ0) is 58.7. The van der Waals surface area contributed by atoms with E-state index in [1.807, 2.05) is 0 Å². The largest absolute Gasteiger partial charge is 0.508 e. The van der Waals surface area contributed by atoms with Crippen LogP contribution in [0.5, 0.6) is 23.0 Å². The highest BCUT2D eigenvalue weighted by Gasteiger charge is 2.59. The average Bonchev–Trinajstić information content (AvgIpc) is 1.81. The van der Waals surface area contributed by atoms with E-state index in [1.165, 1.54) is 109 Å². The molecule has 0 saturated heterocycles. The second kappa shape index (κ2) is 31.1. The molecule has 0 spiro atoms. The number of carbonyl (C=O) groups excluding carboxylic acids is 3. The Balaban J connectivity index is 0.710. The van der Waals surface area contributed by atoms with Crippen LogP contribution in [0.2, 0.25) is 0 Å². The van der Waals surface area contributed by atoms with Gasteiger partial charge in [0, 0.05) is 43.9 Å². The topological polar surface area (TPSA) is 206 Å². The van der Waals surface area contributed by atoms with Gasteiger partial charge in [0.25, 0.3) is 0 Å². The maximum absolute atomic E-state index is 13.6. The summed E-state index contributed by atoms with van der Waals surface area (Å²) in [4.78, 5) is 38.4. The Morgan fingerprint density at radius 2 is 1.39 bits per heavy atom. The van der Waals surface area contributed by atoms with E-state index in [1.54, 1.807) is 52.9 Å². The number of phenolic OH excluding ortho intramolecular Hbond substituents is 2. The molecule has 2 aromatic carbocycles. The molecule has 3 saturated carbocycles. The third-order valence-corrected chi connectivity index (χ3v) is 19.1. The molecule has 82 heavy (non-hydrogen) atoms. The number of aryl methyl sites for hydroxylation is 1. The van der Waals surface area contributed by atoms with Crippen molar-refractivity contribution in [1.29, 1.82) is 0 Å². The minimum absolute atomic E-state index is 0.00227. The van der Waals surface area contributed by atoms with Crippen molar-refractivity contribution in [3.8, 4) is 23.0 Å². The Hall–Kier alpha value is -5.93. The van der Waals surface area contributed by atoms with Crippen LogP contribution < -0.4 is 25.4 Å². The quantitative estimate of drug-likeness (QED) is 0.0111. The maximum atomic E-state index is 13.6. The number of aromatic hydroxyl groups is 2. The molecule has 0 radical (unpaired) electrons. The van der Waals surface area contributed by atoms with E-state index < -0.39 is 5.78 Å². The zero-order valence-electron chi connectivity index (χ0n) is 50.5. The Morgan fingerprint density at radius 3 is 2.04 bits per heavy atom. The third kappa shape index (κ3) is 17.6. The number of aliphatic hydroxyl groups is 1. The molecular weight excluding hydrogens is 1030 g/mol. The number of ether oxygens (including phenoxy) is 3. The lowest BCUT2D eigenvalue weighted by Gasteiger charge is -2.58. The molecule has 4 aliphatic rings. The van der Waals surface area contributed by atoms with Crippen molar-refractivity contribution >= 4 is 29.7 Å². The van der Waals surface area contributed by atoms with Gasteiger partial charge in [0.05, 0.1) is 19.9 Å². The number of benzene rings is 2. The highest BCUT2D eigenvalue weighted by molar-refractivity contribution is 6.07. The van der Waals surface area contributed by atoms with Gasteiger partial charge in [-0.1, -0.05) is 121 Å². The number of methoxy groups -OCH3 is 2. The molecule has 1 heterocycles. The fourth-order valence-corrected chi connectivity index (χ4v) is 14.5. The predicted octanol–water partition coefficient (Wildman–Crippen LogP) is 12.4. The summed E-state index contributed by atoms with van der Waals surface area (Å²) in [5.41, 5.74) is 4.51. The van der Waals surface area contributed by atoms with Crippen LogP contribution in [0.4, 0.5) is 0 Å². The van der Waals surface area contributed by atoms with E-state index in [0.29, 0.717) is 53.3 Å². The van der Waals surface area contributed by atoms with Crippen LogP contribution in [0.3, 0.4) is 0 Å². The molecular formula is C67H98N6O9. The number of carbonyl (C=O) groups is 3. The van der Waals surface area contributed by atoms with Gasteiger partial charge in [0.15, 0.2) is 28.8 Å². The van der Waals surface area contributed by atoms with E-state index in [2.05, 4.69) is 67.0 Å². The molecule has 0 unspecified atom stereocenters. The number of nitrogens with zero attached hydrogens (tertiary/aromatic N) is 3. The summed E-state index contributed by atoms with van der Waals surface area (Å²) in [7, 11) is 2.88. The van der Waals surface area contributed by atoms with Crippen molar-refractivity contribution in [3.05, 3.63) is 94.5 Å². The van der Waals surface area contributed by atoms with E-state index in [0.717, 1.165) is 93.4 Å². The number of hydrogen-bond acceptors (Lipinski definition) is 12. The first-order valence-corrected chi connectivity index (χ1v) is 31.0. The van der Waals surface area contributed by atoms with Gasteiger partial charge in [-0.3, -0.25) is 19.1 Å². The number of allylic oxidation sites excluding steroid dienone is 4. The number of rotatable bonds is 33. The number of amides is 2. The average molecular weight is 1130 g/mol. The molecule has 15 nitrogen and oxygen atoms in total. The van der Waals surface area contributed by atoms with Gasteiger partial charge in [-0.25, -0.2) is 0 Å². The van der Waals surface area contributed by atoms with Crippen LogP contribution in [-0.2, 0) is 32.1 Å². The van der Waals surface area contributed by atoms with Crippen LogP contribution in [-0.4, -0.2) is 101 Å². The summed E-state index contributed by atoms with van der Waals surface area (Å²) in [5.74, 6) is 4.54. The van der Waals surface area contributed by atoms with Gasteiger partial charge in [-0.15, -0.1) is 5.10 Å². The molecule has 8 atom stereocenters. The number of phenols is 2. The van der Waals surface area contributed by atoms with Gasteiger partial charge >= 0.3 is 0 Å². The Kier molecular flexibility index (Phi) is 24.1. The lowest BCUT2D eigenvalue weighted by Crippen LogP contribution is -2.51. The second-order valence-corrected chi connectivity index (χ2v) is 25.1. The number of hydrogen-bond donors (Lipinski definition) is 6. The van der Waals surface area contributed by atoms with Crippen LogP contribution in [0.1, 0.15) is 173 Å². The fraction of sp³-hybridized carbons (Fsp3) is 0.627. The van der Waals surface area contributed by atoms with Crippen molar-refractivity contribution < 1.29 is 43.9 Å². The van der Waals surface area contributed by atoms with Crippen LogP contribution in [0, 0.1) is 46.3 Å². The maximum Gasteiger partial charge on any atom is 0.246 e. The van der Waals surface area contributed by atoms with E-state index in [4.69, 9.17) is 14.2 Å². The summed E-state index contributed by atoms with van der Waals surface area (Å²) < 4.78 is 17.5. The summed E-state index contributed by atoms with van der Waals surface area (Å²) in [6.45, 7) is 15.1. The van der Waals surface area contributed by atoms with E-state index in [-0.39, 0.29) is 65.8 Å². The highest BCUT2D eigenvalue weighted by atomic mass is 16.5. The summed E-state index contributed by atoms with van der Waals surface area (Å²) in [5, 5.41) is 49.4. The first-order chi connectivity index (χ1) is 39.5. The SMILES string of the molecule is COc1cc(/C=C/C(=O)/C(Cc2cn(CCCCCCNC(=O)COCC(=O)NCCCCCCN[C@H]3CC[C@@]4(C)C(=CC[C@H]5[C@@H]6CC[C@H]([C@H](C)CCCC(C)C)[C@@]6(C)CC[C@@H]54)C3)nn2)=C(O)/C=C/c2ccc(O)c(OC)c2)ccc1O. The van der Waals surface area contributed by atoms with Crippen molar-refractivity contribution in [1.82, 2.24) is 30.9 Å². The minimum Gasteiger partial charge on any atom is -0.508 e. The standard InChI is InChI=1S/C67H98N6O9/c1-46(2)17-16-18-47(3)55-25-26-56-53-24-23-50-41-51(31-33-66(50,4)57(53)32-34-67(55,56)5)68-35-12-8-9-13-36-69-64(78)44-82-45-65(79)70-37-14-10-11-15-38-73-43-52(71-72-73)42-54(58(74)27-19-48-21-29-60(76)62(39-48)80-6)59(75)28-20-49-22-30-61(77)63(40-49)81-7/h19-23,27-30,39-40,43,46-47,51,53,55-57,68,74,76-77H,8-18,24-26,31-38,41-42,44-45H2,1-7H3,(H,69,78)(H,70,79)/b27-19+,28-20+,58-54-/t47-,51+,53+,55-,56+,57+,66+,67-/m1/s1. The molecule has 450 valence electrons. The van der Waals surface area contributed by atoms with E-state index in [9.17, 15) is 29.7 Å². The van der Waals surface area contributed by atoms with Gasteiger partial charge in [0.1, 0.15) is 19.0 Å². The smallest absolute Gasteiger partial charge is 0.246 e. The lowest BCUT2D eigenvalue weighted by atomic mass is 9.47. The van der Waals surface area contributed by atoms with Gasteiger partial charge in [-0.05, 0) is 177 Å². The summed E-state index contributed by atoms with van der Waals surface area (Å²) >= 11 is 0. The third-order valence-electron chi connectivity index (χ3n) is 19.1. The Labute approximate surface area is 489 Å². The molecule has 3 fully saturated rings. The van der Waals surface area contributed by atoms with Gasteiger partial charge in [0.2, 0.25) is 11.8 Å². The molecule has 0 bridgehead atoms. The number of nitrogens with one attached hydrogen (secondary N) is 3. The zero-order valence-corrected chi connectivity index (χ0v) is 50.5. The Bertz CT molecular complexity index is 2690. The Morgan fingerprint density at radius 1 is 0.756 bits per heavy atom. The van der Waals surface area contributed by atoms with Crippen molar-refractivity contribution in [2.24, 2.45) is 46.3 Å². The molecule has 3 aromatic rings. The molecule has 0 aliphatic heterocycles. The van der Waals surface area contributed by atoms with Gasteiger partial charge < -0.3 is 45.5 Å². The number of aromatic nitrogens is 3. The van der Waals surface area contributed by atoms with Crippen molar-refractivity contribution in [2.75, 3.05) is 47.1 Å². The summed E-state index contributed by atoms with van der Waals surface area (Å²) in [6, 6.07) is 10.0. The molecule has 6 N–H and O–H groups in total. The van der Waals surface area contributed by atoms with Crippen molar-refractivity contribution in [2.45, 2.75) is 176 Å². The normalized spacial score (nSPS) is 23.9. The van der Waals surface area contributed by atoms with Crippen LogP contribution in [0.15, 0.2) is 77.7 Å². The number of aliphatic hydroxyl groups excluding tert-OH is 1. The van der Waals surface area contributed by atoms with Crippen molar-refractivity contribution in [3.63, 3.8) is 0 Å². The number of fused-ring (bicyclic) bond motifs is 5. The number of ketones is 1. The molecule has 4 aliphatic carbocycles. The second-order valence-electron chi connectivity index (χ2n) is 25.1. The highest BCUT2D eigenvalue weighted by Crippen LogP contribution is 2.67. The minimum atomic E-state index is -0.456. The molecule has 2 amide bonds. The van der Waals surface area contributed by atoms with E-state index >= 15 is 0 Å².